The van der Waals surface area contributed by atoms with E-state index in [1.54, 1.807) is 43.3 Å². The number of primary amides is 1. The second-order valence-corrected chi connectivity index (χ2v) is 11.1. The number of aromatic hydroxyl groups is 2. The normalized spacial score (nSPS) is 22.0. The molecule has 2 heterocycles. The van der Waals surface area contributed by atoms with E-state index in [1.165, 1.54) is 30.3 Å². The number of carbonyl (C=O) groups excluding carboxylic acids is 3. The van der Waals surface area contributed by atoms with Crippen LogP contribution in [-0.4, -0.2) is 76.3 Å². The Morgan fingerprint density at radius 2 is 1.44 bits per heavy atom. The molecule has 0 aromatic heterocycles. The molecule has 0 aliphatic carbocycles. The summed E-state index contributed by atoms with van der Waals surface area (Å²) in [6, 6.07) is 16.9. The molecule has 1 amide bonds. The largest absolute Gasteiger partial charge is 0.508 e. The first kappa shape index (κ1) is 28.4. The van der Waals surface area contributed by atoms with Gasteiger partial charge in [-0.25, -0.2) is 4.39 Å². The molecule has 0 radical (unpaired) electrons. The van der Waals surface area contributed by atoms with Gasteiger partial charge in [0.15, 0.2) is 11.6 Å². The van der Waals surface area contributed by atoms with E-state index in [0.717, 1.165) is 6.42 Å². The first-order valence-corrected chi connectivity index (χ1v) is 13.8. The average Bonchev–Trinajstić information content (AvgIpc) is 3.41. The quantitative estimate of drug-likeness (QED) is 0.361. The summed E-state index contributed by atoms with van der Waals surface area (Å²) in [5.74, 6) is -3.56. The van der Waals surface area contributed by atoms with Crippen LogP contribution in [-0.2, 0) is 4.79 Å². The van der Waals surface area contributed by atoms with Crippen LogP contribution in [0, 0.1) is 24.6 Å². The van der Waals surface area contributed by atoms with Gasteiger partial charge in [-0.3, -0.25) is 24.2 Å². The van der Waals surface area contributed by atoms with E-state index in [-0.39, 0.29) is 35.7 Å². The van der Waals surface area contributed by atoms with E-state index in [0.29, 0.717) is 48.4 Å². The lowest BCUT2D eigenvalue weighted by Crippen LogP contribution is -2.54. The van der Waals surface area contributed by atoms with E-state index in [2.05, 4.69) is 4.90 Å². The third kappa shape index (κ3) is 6.01. The molecule has 1 unspecified atom stereocenters. The van der Waals surface area contributed by atoms with Crippen molar-refractivity contribution in [2.75, 3.05) is 32.7 Å². The van der Waals surface area contributed by atoms with Gasteiger partial charge in [-0.2, -0.15) is 0 Å². The predicted octanol–water partition coefficient (Wildman–Crippen LogP) is 3.50. The number of benzene rings is 3. The number of rotatable bonds is 8. The van der Waals surface area contributed by atoms with Gasteiger partial charge in [0.1, 0.15) is 17.3 Å². The van der Waals surface area contributed by atoms with Crippen LogP contribution in [0.25, 0.3) is 0 Å². The van der Waals surface area contributed by atoms with Crippen molar-refractivity contribution in [3.8, 4) is 11.5 Å². The number of halogens is 1. The number of hydrogen-bond donors (Lipinski definition) is 3. The van der Waals surface area contributed by atoms with Crippen molar-refractivity contribution in [3.05, 3.63) is 94.8 Å². The molecule has 3 aromatic carbocycles. The Bertz CT molecular complexity index is 1410. The van der Waals surface area contributed by atoms with Crippen LogP contribution in [0.5, 0.6) is 11.5 Å². The molecule has 0 saturated carbocycles. The summed E-state index contributed by atoms with van der Waals surface area (Å²) in [6.45, 7) is 3.63. The highest BCUT2D eigenvalue weighted by atomic mass is 19.1. The Balaban J connectivity index is 1.61. The van der Waals surface area contributed by atoms with Crippen LogP contribution in [0.15, 0.2) is 66.7 Å². The van der Waals surface area contributed by atoms with Crippen molar-refractivity contribution in [3.63, 3.8) is 0 Å². The van der Waals surface area contributed by atoms with E-state index < -0.39 is 29.5 Å². The highest BCUT2D eigenvalue weighted by molar-refractivity contribution is 6.02. The molecule has 214 valence electrons. The monoisotopic (exact) mass is 559 g/mol. The zero-order valence-electron chi connectivity index (χ0n) is 22.9. The van der Waals surface area contributed by atoms with E-state index >= 15 is 0 Å². The van der Waals surface area contributed by atoms with Crippen LogP contribution in [0.4, 0.5) is 4.39 Å². The third-order valence-corrected chi connectivity index (χ3v) is 8.48. The molecule has 8 nitrogen and oxygen atoms in total. The molecule has 3 aromatic rings. The lowest BCUT2D eigenvalue weighted by molar-refractivity contribution is -0.118. The van der Waals surface area contributed by atoms with Gasteiger partial charge < -0.3 is 15.9 Å². The molecule has 3 atom stereocenters. The zero-order chi connectivity index (χ0) is 29.3. The molecule has 0 spiro atoms. The maximum Gasteiger partial charge on any atom is 0.231 e. The van der Waals surface area contributed by atoms with Crippen molar-refractivity contribution < 1.29 is 29.0 Å². The summed E-state index contributed by atoms with van der Waals surface area (Å²) in [7, 11) is 0. The van der Waals surface area contributed by atoms with Crippen molar-refractivity contribution in [1.29, 1.82) is 0 Å². The Morgan fingerprint density at radius 1 is 0.878 bits per heavy atom. The number of ketones is 2. The van der Waals surface area contributed by atoms with E-state index in [4.69, 9.17) is 5.73 Å². The van der Waals surface area contributed by atoms with Crippen LogP contribution in [0.2, 0.25) is 0 Å². The Kier molecular flexibility index (Phi) is 8.19. The zero-order valence-corrected chi connectivity index (χ0v) is 22.9. The lowest BCUT2D eigenvalue weighted by Gasteiger charge is -2.45. The SMILES string of the molecule is Cc1c(F)cccc1C1[C@@H](C(=O)c2cccc(O)c2)CN(C2CCN(CC(N)=O)C2)C[C@@H]1C(=O)c1cccc(O)c1. The number of phenolic OH excluding ortho intramolecular Hbond substituents is 2. The van der Waals surface area contributed by atoms with Gasteiger partial charge >= 0.3 is 0 Å². The van der Waals surface area contributed by atoms with Gasteiger partial charge in [-0.1, -0.05) is 36.4 Å². The van der Waals surface area contributed by atoms with Crippen LogP contribution in [0.1, 0.15) is 44.2 Å². The Labute approximate surface area is 238 Å². The van der Waals surface area contributed by atoms with Gasteiger partial charge in [-0.15, -0.1) is 0 Å². The molecule has 2 aliphatic rings. The first-order chi connectivity index (χ1) is 19.6. The molecule has 2 fully saturated rings. The molecule has 0 bridgehead atoms. The number of piperidine rings is 1. The van der Waals surface area contributed by atoms with E-state index in [1.807, 2.05) is 4.90 Å². The Hall–Kier alpha value is -4.08. The number of phenols is 2. The summed E-state index contributed by atoms with van der Waals surface area (Å²) in [4.78, 5) is 44.1. The number of hydrogen-bond acceptors (Lipinski definition) is 7. The first-order valence-electron chi connectivity index (χ1n) is 13.8. The van der Waals surface area contributed by atoms with Crippen molar-refractivity contribution in [2.45, 2.75) is 25.3 Å². The highest BCUT2D eigenvalue weighted by Crippen LogP contribution is 2.43. The molecule has 9 heteroatoms. The number of likely N-dealkylation sites (tertiary alicyclic amines) is 2. The highest BCUT2D eigenvalue weighted by Gasteiger charge is 2.47. The van der Waals surface area contributed by atoms with Crippen LogP contribution in [0.3, 0.4) is 0 Å². The summed E-state index contributed by atoms with van der Waals surface area (Å²) in [5, 5.41) is 20.3. The van der Waals surface area contributed by atoms with Crippen LogP contribution >= 0.6 is 0 Å². The van der Waals surface area contributed by atoms with Crippen molar-refractivity contribution in [1.82, 2.24) is 9.80 Å². The minimum absolute atomic E-state index is 0.0251. The summed E-state index contributed by atoms with van der Waals surface area (Å²) >= 11 is 0. The molecular weight excluding hydrogens is 525 g/mol. The minimum Gasteiger partial charge on any atom is -0.508 e. The second-order valence-electron chi connectivity index (χ2n) is 11.1. The molecule has 5 rings (SSSR count). The summed E-state index contributed by atoms with van der Waals surface area (Å²) in [6.07, 6.45) is 0.733. The number of Topliss-reactive ketones (excluding diaryl/α,β-unsaturated/α-hetero) is 2. The standard InChI is InChI=1S/C32H34FN3O5/c1-19-25(9-4-10-28(19)33)30-26(31(40)20-5-2-7-23(37)13-20)16-36(22-11-12-35(15-22)18-29(34)39)17-27(30)32(41)21-6-3-8-24(38)14-21/h2-10,13-14,22,26-27,30,37-38H,11-12,15-18H2,1H3,(H2,34,39)/t22?,26-,27-/m0/s1. The fraction of sp³-hybridized carbons (Fsp3) is 0.344. The fourth-order valence-electron chi connectivity index (χ4n) is 6.52. The van der Waals surface area contributed by atoms with Crippen molar-refractivity contribution >= 4 is 17.5 Å². The molecular formula is C32H34FN3O5. The Morgan fingerprint density at radius 3 is 1.98 bits per heavy atom. The summed E-state index contributed by atoms with van der Waals surface area (Å²) in [5.41, 5.74) is 7.00. The molecule has 41 heavy (non-hydrogen) atoms. The van der Waals surface area contributed by atoms with Gasteiger partial charge in [0.25, 0.3) is 0 Å². The topological polar surface area (TPSA) is 124 Å². The minimum atomic E-state index is -0.734. The maximum atomic E-state index is 14.9. The van der Waals surface area contributed by atoms with Gasteiger partial charge in [0.2, 0.25) is 5.91 Å². The predicted molar refractivity (Wildman–Crippen MR) is 151 cm³/mol. The van der Waals surface area contributed by atoms with E-state index in [9.17, 15) is 29.0 Å². The lowest BCUT2D eigenvalue weighted by atomic mass is 9.67. The fourth-order valence-corrected chi connectivity index (χ4v) is 6.52. The van der Waals surface area contributed by atoms with Gasteiger partial charge in [0, 0.05) is 61.1 Å². The number of carbonyl (C=O) groups is 3. The molecule has 2 saturated heterocycles. The second kappa shape index (κ2) is 11.8. The number of amides is 1. The molecule has 4 N–H and O–H groups in total. The average molecular weight is 560 g/mol. The van der Waals surface area contributed by atoms with Gasteiger partial charge in [0.05, 0.1) is 6.54 Å². The van der Waals surface area contributed by atoms with Crippen LogP contribution < -0.4 is 5.73 Å². The van der Waals surface area contributed by atoms with Crippen molar-refractivity contribution in [2.24, 2.45) is 17.6 Å². The summed E-state index contributed by atoms with van der Waals surface area (Å²) < 4.78 is 14.9. The smallest absolute Gasteiger partial charge is 0.231 e. The number of nitrogens with two attached hydrogens (primary N) is 1. The number of nitrogens with zero attached hydrogens (tertiary/aromatic N) is 2. The molecule has 2 aliphatic heterocycles. The third-order valence-electron chi connectivity index (χ3n) is 8.48. The van der Waals surface area contributed by atoms with Gasteiger partial charge in [-0.05, 0) is 54.8 Å². The maximum absolute atomic E-state index is 14.9.